The van der Waals surface area contributed by atoms with Gasteiger partial charge in [-0.2, -0.15) is 0 Å². The highest BCUT2D eigenvalue weighted by atomic mass is 16.5. The average Bonchev–Trinajstić information content (AvgIpc) is 3.76. The normalized spacial score (nSPS) is 12.7. The molecule has 0 atom stereocenters. The topological polar surface area (TPSA) is 25.6 Å². The molecule has 308 valence electrons. The highest BCUT2D eigenvalue weighted by Gasteiger charge is 2.23. The lowest BCUT2D eigenvalue weighted by atomic mass is 9.84. The second kappa shape index (κ2) is 16.4. The Labute approximate surface area is 378 Å². The van der Waals surface area contributed by atoms with E-state index in [-0.39, 0.29) is 0 Å². The molecule has 0 unspecified atom stereocenters. The Hall–Kier alpha value is -8.40. The Morgan fingerprint density at radius 2 is 1.09 bits per heavy atom. The molecule has 0 saturated carbocycles. The molecule has 0 amide bonds. The van der Waals surface area contributed by atoms with Gasteiger partial charge in [-0.05, 0) is 122 Å². The third-order valence-electron chi connectivity index (χ3n) is 12.9. The number of fused-ring (bicyclic) bond motifs is 11. The van der Waals surface area contributed by atoms with E-state index in [1.165, 1.54) is 33.4 Å². The molecule has 0 spiro atoms. The number of furan rings is 1. The van der Waals surface area contributed by atoms with Crippen LogP contribution in [0.3, 0.4) is 0 Å². The molecule has 0 fully saturated rings. The van der Waals surface area contributed by atoms with Crippen LogP contribution < -0.4 is 9.64 Å². The molecule has 3 nitrogen and oxygen atoms in total. The number of nitrogens with zero attached hydrogens (tertiary/aromatic N) is 1. The number of para-hydroxylation sites is 1. The summed E-state index contributed by atoms with van der Waals surface area (Å²) < 4.78 is 13.9. The van der Waals surface area contributed by atoms with Crippen molar-refractivity contribution in [3.05, 3.63) is 247 Å². The minimum absolute atomic E-state index is 0.453. The molecule has 0 N–H and O–H groups in total. The van der Waals surface area contributed by atoms with E-state index >= 15 is 0 Å². The summed E-state index contributed by atoms with van der Waals surface area (Å²) in [6.45, 7) is 0.453. The molecule has 65 heavy (non-hydrogen) atoms. The van der Waals surface area contributed by atoms with E-state index in [4.69, 9.17) is 9.15 Å². The maximum absolute atomic E-state index is 6.99. The van der Waals surface area contributed by atoms with Gasteiger partial charge in [-0.15, -0.1) is 0 Å². The van der Waals surface area contributed by atoms with Crippen LogP contribution in [0.5, 0.6) is 5.75 Å². The van der Waals surface area contributed by atoms with Gasteiger partial charge in [0, 0.05) is 27.7 Å². The van der Waals surface area contributed by atoms with Crippen molar-refractivity contribution in [1.29, 1.82) is 0 Å². The van der Waals surface area contributed by atoms with Crippen molar-refractivity contribution in [3.8, 4) is 50.3 Å². The van der Waals surface area contributed by atoms with Gasteiger partial charge < -0.3 is 14.1 Å². The summed E-state index contributed by atoms with van der Waals surface area (Å²) in [6, 6.07) is 80.2. The first-order valence-electron chi connectivity index (χ1n) is 22.3. The fourth-order valence-electron chi connectivity index (χ4n) is 9.75. The van der Waals surface area contributed by atoms with Crippen molar-refractivity contribution in [3.63, 3.8) is 0 Å². The molecule has 12 rings (SSSR count). The van der Waals surface area contributed by atoms with Gasteiger partial charge in [-0.3, -0.25) is 0 Å². The van der Waals surface area contributed by atoms with E-state index in [1.54, 1.807) is 0 Å². The van der Waals surface area contributed by atoms with Crippen LogP contribution in [0.1, 0.15) is 16.7 Å². The van der Waals surface area contributed by atoms with Crippen molar-refractivity contribution < 1.29 is 9.15 Å². The zero-order valence-corrected chi connectivity index (χ0v) is 35.7. The zero-order valence-electron chi connectivity index (χ0n) is 35.7. The molecule has 1 aromatic heterocycles. The molecule has 10 aromatic carbocycles. The Balaban J connectivity index is 1.04. The summed E-state index contributed by atoms with van der Waals surface area (Å²) in [4.78, 5) is 2.34. The van der Waals surface area contributed by atoms with Crippen LogP contribution in [0.25, 0.3) is 83.3 Å². The molecular weight excluding hydrogens is 791 g/mol. The Bertz CT molecular complexity index is 3570. The van der Waals surface area contributed by atoms with Crippen LogP contribution in [0.15, 0.2) is 235 Å². The maximum Gasteiger partial charge on any atom is 0.137 e. The number of benzene rings is 10. The minimum Gasteiger partial charge on any atom is -0.488 e. The number of hydrogen-bond acceptors (Lipinski definition) is 3. The number of anilines is 3. The van der Waals surface area contributed by atoms with E-state index in [1.807, 2.05) is 0 Å². The number of ether oxygens (including phenoxy) is 1. The van der Waals surface area contributed by atoms with Crippen LogP contribution in [-0.4, -0.2) is 0 Å². The molecule has 2 heterocycles. The smallest absolute Gasteiger partial charge is 0.137 e. The predicted octanol–water partition coefficient (Wildman–Crippen LogP) is 17.0. The molecule has 0 radical (unpaired) electrons. The molecule has 0 saturated heterocycles. The standard InChI is InChI=1S/C62H43NO2/c1-3-16-42(17-4-1)44-32-36-50(37-33-44)63(49-24-5-2-6-25-49)57-30-15-31-58-61(57)56-39-35-47(40-59(56)65-58)52-28-14-29-54-55-38-34-46-20-10-12-27-53(46)62(55)64-41-48-21-8-7-18-43(48)22-13-23-45-19-9-11-26-51(45)60(52)54/h1-22,24-40H,23,41H2/b22-13-. The zero-order chi connectivity index (χ0) is 43.1. The van der Waals surface area contributed by atoms with Gasteiger partial charge in [-0.25, -0.2) is 0 Å². The molecule has 0 aliphatic carbocycles. The van der Waals surface area contributed by atoms with Crippen molar-refractivity contribution in [2.24, 2.45) is 0 Å². The first kappa shape index (κ1) is 38.3. The Morgan fingerprint density at radius 3 is 1.97 bits per heavy atom. The molecule has 1 aliphatic heterocycles. The molecular formula is C62H43NO2. The van der Waals surface area contributed by atoms with Gasteiger partial charge in [0.2, 0.25) is 0 Å². The molecule has 1 aliphatic rings. The van der Waals surface area contributed by atoms with Crippen LogP contribution in [0.4, 0.5) is 17.1 Å². The van der Waals surface area contributed by atoms with Gasteiger partial charge >= 0.3 is 0 Å². The van der Waals surface area contributed by atoms with Gasteiger partial charge in [-0.1, -0.05) is 182 Å². The summed E-state index contributed by atoms with van der Waals surface area (Å²) >= 11 is 0. The highest BCUT2D eigenvalue weighted by Crippen LogP contribution is 2.48. The van der Waals surface area contributed by atoms with Crippen molar-refractivity contribution in [1.82, 2.24) is 0 Å². The van der Waals surface area contributed by atoms with Gasteiger partial charge in [0.1, 0.15) is 23.5 Å². The van der Waals surface area contributed by atoms with Crippen LogP contribution in [-0.2, 0) is 13.0 Å². The summed E-state index contributed by atoms with van der Waals surface area (Å²) in [5, 5.41) is 4.37. The van der Waals surface area contributed by atoms with Gasteiger partial charge in [0.05, 0.1) is 11.1 Å². The number of allylic oxidation sites excluding steroid dienone is 1. The summed E-state index contributed by atoms with van der Waals surface area (Å²) in [6.07, 6.45) is 5.31. The van der Waals surface area contributed by atoms with Crippen molar-refractivity contribution in [2.75, 3.05) is 4.90 Å². The highest BCUT2D eigenvalue weighted by molar-refractivity contribution is 6.14. The quantitative estimate of drug-likeness (QED) is 0.173. The van der Waals surface area contributed by atoms with Gasteiger partial charge in [0.15, 0.2) is 0 Å². The van der Waals surface area contributed by atoms with Crippen LogP contribution in [0.2, 0.25) is 0 Å². The van der Waals surface area contributed by atoms with Crippen molar-refractivity contribution >= 4 is 55.8 Å². The van der Waals surface area contributed by atoms with Crippen LogP contribution >= 0.6 is 0 Å². The second-order valence-electron chi connectivity index (χ2n) is 16.7. The summed E-state index contributed by atoms with van der Waals surface area (Å²) in [7, 11) is 0. The number of rotatable bonds is 5. The largest absolute Gasteiger partial charge is 0.488 e. The predicted molar refractivity (Wildman–Crippen MR) is 271 cm³/mol. The van der Waals surface area contributed by atoms with E-state index in [0.717, 1.165) is 89.8 Å². The average molecular weight is 834 g/mol. The van der Waals surface area contributed by atoms with E-state index in [0.29, 0.717) is 6.61 Å². The fourth-order valence-corrected chi connectivity index (χ4v) is 9.75. The molecule has 0 bridgehead atoms. The lowest BCUT2D eigenvalue weighted by Crippen LogP contribution is -2.10. The second-order valence-corrected chi connectivity index (χ2v) is 16.7. The van der Waals surface area contributed by atoms with E-state index in [9.17, 15) is 0 Å². The SMILES string of the molecule is C1=C\c2ccccc2COc2c(ccc3ccccc23)-c2cccc(-c3ccc4c(c3)oc3cccc(N(c5ccccc5)c5ccc(-c6ccccc6)cc5)c34)c2-c2ccccc2C/1. The third kappa shape index (κ3) is 6.95. The monoisotopic (exact) mass is 833 g/mol. The lowest BCUT2D eigenvalue weighted by Gasteiger charge is -2.26. The summed E-state index contributed by atoms with van der Waals surface area (Å²) in [5.74, 6) is 0.884. The maximum atomic E-state index is 6.99. The van der Waals surface area contributed by atoms with Gasteiger partial charge in [0.25, 0.3) is 0 Å². The van der Waals surface area contributed by atoms with Crippen molar-refractivity contribution in [2.45, 2.75) is 13.0 Å². The Morgan fingerprint density at radius 1 is 0.415 bits per heavy atom. The van der Waals surface area contributed by atoms with Crippen LogP contribution in [0, 0.1) is 0 Å². The molecule has 3 heteroatoms. The lowest BCUT2D eigenvalue weighted by molar-refractivity contribution is 0.311. The minimum atomic E-state index is 0.453. The summed E-state index contributed by atoms with van der Waals surface area (Å²) in [5.41, 5.74) is 17.6. The molecule has 11 aromatic rings. The fraction of sp³-hybridized carbons (Fsp3) is 0.0323. The number of hydrogen-bond donors (Lipinski definition) is 0. The first-order valence-corrected chi connectivity index (χ1v) is 22.3. The van der Waals surface area contributed by atoms with E-state index < -0.39 is 0 Å². The third-order valence-corrected chi connectivity index (χ3v) is 12.9. The van der Waals surface area contributed by atoms with E-state index in [2.05, 4.69) is 242 Å². The Kier molecular flexibility index (Phi) is 9.65. The first-order chi connectivity index (χ1) is 32.2.